The van der Waals surface area contributed by atoms with Gasteiger partial charge in [-0.2, -0.15) is 5.10 Å². The van der Waals surface area contributed by atoms with E-state index in [1.165, 1.54) is 6.92 Å². The Labute approximate surface area is 113 Å². The highest BCUT2D eigenvalue weighted by Crippen LogP contribution is 2.16. The van der Waals surface area contributed by atoms with Crippen LogP contribution >= 0.6 is 0 Å². The molecule has 0 bridgehead atoms. The Morgan fingerprint density at radius 1 is 1.47 bits per heavy atom. The number of nitrogens with zero attached hydrogens (tertiary/aromatic N) is 2. The van der Waals surface area contributed by atoms with Crippen molar-refractivity contribution in [1.82, 2.24) is 15.1 Å². The van der Waals surface area contributed by atoms with Crippen LogP contribution in [-0.4, -0.2) is 28.1 Å². The molecule has 1 rings (SSSR count). The fourth-order valence-electron chi connectivity index (χ4n) is 1.66. The minimum absolute atomic E-state index is 0.0598. The van der Waals surface area contributed by atoms with Crippen molar-refractivity contribution in [3.63, 3.8) is 0 Å². The molecule has 1 aromatic heterocycles. The maximum absolute atomic E-state index is 11.8. The summed E-state index contributed by atoms with van der Waals surface area (Å²) in [6.45, 7) is 6.11. The Hall–Kier alpha value is -1.85. The molecule has 0 unspecified atom stereocenters. The molecule has 2 N–H and O–H groups in total. The summed E-state index contributed by atoms with van der Waals surface area (Å²) in [7, 11) is 0. The van der Waals surface area contributed by atoms with Gasteiger partial charge in [-0.1, -0.05) is 6.92 Å². The van der Waals surface area contributed by atoms with Gasteiger partial charge in [0.25, 0.3) is 0 Å². The molecule has 0 aliphatic carbocycles. The van der Waals surface area contributed by atoms with Gasteiger partial charge in [0.1, 0.15) is 5.82 Å². The molecule has 0 aromatic carbocycles. The SMILES string of the molecule is CC[C@H](C)n1nccc1NC(=O)CCCNC(C)=O. The first-order valence-electron chi connectivity index (χ1n) is 6.62. The molecular formula is C13H22N4O2. The predicted molar refractivity (Wildman–Crippen MR) is 73.8 cm³/mol. The van der Waals surface area contributed by atoms with E-state index in [2.05, 4.69) is 29.6 Å². The second-order valence-corrected chi connectivity index (χ2v) is 4.55. The number of carbonyl (C=O) groups excluding carboxylic acids is 2. The highest BCUT2D eigenvalue weighted by atomic mass is 16.2. The summed E-state index contributed by atoms with van der Waals surface area (Å²) in [5.74, 6) is 0.588. The van der Waals surface area contributed by atoms with Crippen molar-refractivity contribution in [2.45, 2.75) is 46.1 Å². The van der Waals surface area contributed by atoms with Gasteiger partial charge >= 0.3 is 0 Å². The smallest absolute Gasteiger partial charge is 0.225 e. The molecule has 0 aliphatic rings. The monoisotopic (exact) mass is 266 g/mol. The summed E-state index contributed by atoms with van der Waals surface area (Å²) in [5, 5.41) is 9.71. The van der Waals surface area contributed by atoms with Gasteiger partial charge in [0.15, 0.2) is 0 Å². The van der Waals surface area contributed by atoms with Gasteiger partial charge in [-0.3, -0.25) is 9.59 Å². The van der Waals surface area contributed by atoms with Crippen LogP contribution in [0.15, 0.2) is 12.3 Å². The van der Waals surface area contributed by atoms with Gasteiger partial charge in [-0.05, 0) is 19.8 Å². The highest BCUT2D eigenvalue weighted by molar-refractivity contribution is 5.89. The van der Waals surface area contributed by atoms with E-state index in [-0.39, 0.29) is 17.9 Å². The van der Waals surface area contributed by atoms with E-state index in [4.69, 9.17) is 0 Å². The fourth-order valence-corrected chi connectivity index (χ4v) is 1.66. The molecular weight excluding hydrogens is 244 g/mol. The van der Waals surface area contributed by atoms with E-state index in [1.54, 1.807) is 12.3 Å². The number of nitrogens with one attached hydrogen (secondary N) is 2. The molecule has 0 radical (unpaired) electrons. The molecule has 1 heterocycles. The molecule has 2 amide bonds. The van der Waals surface area contributed by atoms with Crippen molar-refractivity contribution >= 4 is 17.6 Å². The van der Waals surface area contributed by atoms with Crippen LogP contribution in [-0.2, 0) is 9.59 Å². The standard InChI is InChI=1S/C13H22N4O2/c1-4-10(2)17-12(7-9-15-17)16-13(19)6-5-8-14-11(3)18/h7,9-10H,4-6,8H2,1-3H3,(H,14,18)(H,16,19)/t10-/m0/s1. The van der Waals surface area contributed by atoms with Crippen molar-refractivity contribution < 1.29 is 9.59 Å². The average Bonchev–Trinajstić information content (AvgIpc) is 2.81. The largest absolute Gasteiger partial charge is 0.356 e. The van der Waals surface area contributed by atoms with Crippen LogP contribution in [0.25, 0.3) is 0 Å². The Balaban J connectivity index is 2.40. The van der Waals surface area contributed by atoms with Gasteiger partial charge in [0.05, 0.1) is 12.2 Å². The normalized spacial score (nSPS) is 11.9. The summed E-state index contributed by atoms with van der Waals surface area (Å²) in [5.41, 5.74) is 0. The van der Waals surface area contributed by atoms with Crippen LogP contribution < -0.4 is 10.6 Å². The summed E-state index contributed by atoms with van der Waals surface area (Å²) in [6, 6.07) is 2.04. The number of amides is 2. The second kappa shape index (κ2) is 7.56. The van der Waals surface area contributed by atoms with Crippen molar-refractivity contribution in [3.8, 4) is 0 Å². The van der Waals surface area contributed by atoms with E-state index >= 15 is 0 Å². The number of hydrogen-bond acceptors (Lipinski definition) is 3. The van der Waals surface area contributed by atoms with Crippen molar-refractivity contribution in [2.75, 3.05) is 11.9 Å². The number of carbonyl (C=O) groups is 2. The molecule has 6 nitrogen and oxygen atoms in total. The number of anilines is 1. The minimum atomic E-state index is -0.0738. The first-order chi connectivity index (χ1) is 9.04. The third-order valence-electron chi connectivity index (χ3n) is 2.90. The lowest BCUT2D eigenvalue weighted by Gasteiger charge is -2.14. The van der Waals surface area contributed by atoms with E-state index in [1.807, 2.05) is 4.68 Å². The molecule has 0 saturated heterocycles. The Bertz CT molecular complexity index is 428. The van der Waals surface area contributed by atoms with Gasteiger partial charge in [0.2, 0.25) is 11.8 Å². The lowest BCUT2D eigenvalue weighted by Crippen LogP contribution is -2.23. The molecule has 0 spiro atoms. The van der Waals surface area contributed by atoms with E-state index < -0.39 is 0 Å². The number of hydrogen-bond donors (Lipinski definition) is 2. The fraction of sp³-hybridized carbons (Fsp3) is 0.615. The van der Waals surface area contributed by atoms with Crippen LogP contribution in [0.4, 0.5) is 5.82 Å². The lowest BCUT2D eigenvalue weighted by atomic mass is 10.2. The summed E-state index contributed by atoms with van der Waals surface area (Å²) < 4.78 is 1.81. The molecule has 1 aromatic rings. The lowest BCUT2D eigenvalue weighted by molar-refractivity contribution is -0.119. The zero-order valence-corrected chi connectivity index (χ0v) is 11.8. The maximum atomic E-state index is 11.8. The van der Waals surface area contributed by atoms with E-state index in [0.29, 0.717) is 19.4 Å². The van der Waals surface area contributed by atoms with Crippen LogP contribution in [0.3, 0.4) is 0 Å². The number of aromatic nitrogens is 2. The summed E-state index contributed by atoms with van der Waals surface area (Å²) in [6.07, 6.45) is 3.64. The van der Waals surface area contributed by atoms with Crippen molar-refractivity contribution in [2.24, 2.45) is 0 Å². The quantitative estimate of drug-likeness (QED) is 0.738. The minimum Gasteiger partial charge on any atom is -0.356 e. The molecule has 6 heteroatoms. The zero-order chi connectivity index (χ0) is 14.3. The molecule has 0 saturated carbocycles. The third-order valence-corrected chi connectivity index (χ3v) is 2.90. The Kier molecular flexibility index (Phi) is 6.05. The second-order valence-electron chi connectivity index (χ2n) is 4.55. The third kappa shape index (κ3) is 5.11. The van der Waals surface area contributed by atoms with Gasteiger partial charge < -0.3 is 10.6 Å². The highest BCUT2D eigenvalue weighted by Gasteiger charge is 2.10. The number of rotatable bonds is 7. The van der Waals surface area contributed by atoms with Crippen LogP contribution in [0.5, 0.6) is 0 Å². The van der Waals surface area contributed by atoms with Crippen LogP contribution in [0, 0.1) is 0 Å². The zero-order valence-electron chi connectivity index (χ0n) is 11.8. The molecule has 106 valence electrons. The topological polar surface area (TPSA) is 76.0 Å². The van der Waals surface area contributed by atoms with Gasteiger partial charge in [0, 0.05) is 26.0 Å². The predicted octanol–water partition coefficient (Wildman–Crippen LogP) is 1.71. The summed E-state index contributed by atoms with van der Waals surface area (Å²) in [4.78, 5) is 22.4. The van der Waals surface area contributed by atoms with E-state index in [9.17, 15) is 9.59 Å². The van der Waals surface area contributed by atoms with Gasteiger partial charge in [-0.25, -0.2) is 4.68 Å². The first kappa shape index (κ1) is 15.2. The molecule has 19 heavy (non-hydrogen) atoms. The van der Waals surface area contributed by atoms with E-state index in [0.717, 1.165) is 12.2 Å². The maximum Gasteiger partial charge on any atom is 0.225 e. The van der Waals surface area contributed by atoms with Crippen LogP contribution in [0.2, 0.25) is 0 Å². The summed E-state index contributed by atoms with van der Waals surface area (Å²) >= 11 is 0. The Morgan fingerprint density at radius 3 is 2.84 bits per heavy atom. The Morgan fingerprint density at radius 2 is 2.21 bits per heavy atom. The van der Waals surface area contributed by atoms with Gasteiger partial charge in [-0.15, -0.1) is 0 Å². The molecule has 1 atom stereocenters. The first-order valence-corrected chi connectivity index (χ1v) is 6.62. The van der Waals surface area contributed by atoms with Crippen molar-refractivity contribution in [3.05, 3.63) is 12.3 Å². The van der Waals surface area contributed by atoms with Crippen molar-refractivity contribution in [1.29, 1.82) is 0 Å². The molecule has 0 aliphatic heterocycles. The average molecular weight is 266 g/mol. The van der Waals surface area contributed by atoms with Crippen LogP contribution in [0.1, 0.15) is 46.1 Å². The molecule has 0 fully saturated rings.